The van der Waals surface area contributed by atoms with Crippen molar-refractivity contribution in [3.63, 3.8) is 0 Å². The first kappa shape index (κ1) is 33.1. The number of aromatic nitrogens is 4. The molecule has 0 amide bonds. The predicted molar refractivity (Wildman–Crippen MR) is 169 cm³/mol. The van der Waals surface area contributed by atoms with Crippen LogP contribution in [0.15, 0.2) is 84.3 Å². The predicted octanol–water partition coefficient (Wildman–Crippen LogP) is 3.92. The van der Waals surface area contributed by atoms with Gasteiger partial charge in [0.2, 0.25) is 0 Å². The van der Waals surface area contributed by atoms with Gasteiger partial charge in [-0.25, -0.2) is 9.37 Å². The Morgan fingerprint density at radius 3 is 2.47 bits per heavy atom. The zero-order valence-electron chi connectivity index (χ0n) is 25.7. The number of anilines is 1. The third-order valence-corrected chi connectivity index (χ3v) is 7.92. The van der Waals surface area contributed by atoms with Crippen LogP contribution >= 0.6 is 0 Å². The van der Waals surface area contributed by atoms with Crippen LogP contribution in [0.1, 0.15) is 25.3 Å². The molecule has 0 atom stereocenters. The molecule has 45 heavy (non-hydrogen) atoms. The minimum absolute atomic E-state index is 0. The fourth-order valence-corrected chi connectivity index (χ4v) is 5.36. The molecule has 0 saturated carbocycles. The largest absolute Gasteiger partial charge is 1.00 e. The molecule has 0 spiro atoms. The van der Waals surface area contributed by atoms with Crippen molar-refractivity contribution in [3.05, 3.63) is 107 Å². The van der Waals surface area contributed by atoms with Crippen molar-refractivity contribution in [3.8, 4) is 39.1 Å². The van der Waals surface area contributed by atoms with Gasteiger partial charge in [-0.3, -0.25) is 9.48 Å². The second-order valence-electron chi connectivity index (χ2n) is 11.1. The van der Waals surface area contributed by atoms with E-state index in [4.69, 9.17) is 15.3 Å². The van der Waals surface area contributed by atoms with E-state index in [1.165, 1.54) is 6.07 Å². The van der Waals surface area contributed by atoms with Crippen LogP contribution < -0.4 is 67.4 Å². The Morgan fingerprint density at radius 1 is 0.978 bits per heavy atom. The molecule has 3 aromatic heterocycles. The van der Waals surface area contributed by atoms with Crippen LogP contribution in [0.25, 0.3) is 38.9 Å². The van der Waals surface area contributed by atoms with E-state index in [0.717, 1.165) is 61.4 Å². The normalized spacial score (nSPS) is 13.3. The molecule has 9 nitrogen and oxygen atoms in total. The standard InChI is InChI=1S/C34H34FN6O3.K/c1-3-41-19-26(17-38-41)25-14-29(34(36)37-16-25)28-9-8-27(15-31(28)35)44-39-32-21-40(18-23-10-12-43-13-11-23)20-30(33(32)42)24-6-4-22(2)5-7-24;/h4-9,14-17,19-21,23H,3,10-13,18H2,1-2H3,(H2,36,37);/q-1;+1. The molecular weight excluding hydrogens is 599 g/mol. The summed E-state index contributed by atoms with van der Waals surface area (Å²) in [6.07, 6.45) is 10.7. The van der Waals surface area contributed by atoms with Gasteiger partial charge in [-0.2, -0.15) is 5.10 Å². The summed E-state index contributed by atoms with van der Waals surface area (Å²) in [7, 11) is 0. The Labute approximate surface area is 304 Å². The molecule has 11 heteroatoms. The van der Waals surface area contributed by atoms with Gasteiger partial charge in [0.1, 0.15) is 17.4 Å². The van der Waals surface area contributed by atoms with Crippen LogP contribution in [0.2, 0.25) is 0 Å². The van der Waals surface area contributed by atoms with E-state index in [-0.39, 0.29) is 79.6 Å². The molecule has 1 saturated heterocycles. The summed E-state index contributed by atoms with van der Waals surface area (Å²) in [5, 5.41) is 4.30. The van der Waals surface area contributed by atoms with Crippen molar-refractivity contribution in [2.45, 2.75) is 39.8 Å². The summed E-state index contributed by atoms with van der Waals surface area (Å²) < 4.78 is 24.8. The number of nitrogen functional groups attached to an aromatic ring is 1. The first-order valence-corrected chi connectivity index (χ1v) is 14.7. The summed E-state index contributed by atoms with van der Waals surface area (Å²) in [5.74, 6) is 0.217. The van der Waals surface area contributed by atoms with Crippen molar-refractivity contribution in [2.75, 3.05) is 18.9 Å². The minimum Gasteiger partial charge on any atom is -0.557 e. The third kappa shape index (κ3) is 7.74. The van der Waals surface area contributed by atoms with Crippen molar-refractivity contribution in [1.82, 2.24) is 19.3 Å². The van der Waals surface area contributed by atoms with Gasteiger partial charge in [0, 0.05) is 78.8 Å². The Kier molecular flexibility index (Phi) is 10.9. The maximum absolute atomic E-state index is 15.5. The molecule has 0 radical (unpaired) electrons. The van der Waals surface area contributed by atoms with Crippen LogP contribution in [0.5, 0.6) is 5.75 Å². The van der Waals surface area contributed by atoms with Crippen LogP contribution in [0.3, 0.4) is 0 Å². The number of aryl methyl sites for hydroxylation is 2. The maximum Gasteiger partial charge on any atom is 1.00 e. The molecule has 4 heterocycles. The van der Waals surface area contributed by atoms with Gasteiger partial charge in [0.15, 0.2) is 5.43 Å². The summed E-state index contributed by atoms with van der Waals surface area (Å²) in [5.41, 5.74) is 15.0. The first-order chi connectivity index (χ1) is 21.4. The molecule has 2 aromatic carbocycles. The van der Waals surface area contributed by atoms with Crippen molar-refractivity contribution in [2.24, 2.45) is 5.92 Å². The molecule has 0 bridgehead atoms. The quantitative estimate of drug-likeness (QED) is 0.195. The van der Waals surface area contributed by atoms with Crippen LogP contribution in [0.4, 0.5) is 15.9 Å². The average Bonchev–Trinajstić information content (AvgIpc) is 3.52. The second-order valence-corrected chi connectivity index (χ2v) is 11.1. The van der Waals surface area contributed by atoms with Gasteiger partial charge >= 0.3 is 51.4 Å². The summed E-state index contributed by atoms with van der Waals surface area (Å²) in [6, 6.07) is 14.0. The van der Waals surface area contributed by atoms with E-state index >= 15 is 4.39 Å². The molecule has 5 aromatic rings. The Bertz CT molecular complexity index is 1830. The average molecular weight is 633 g/mol. The number of hydrogen-bond donors (Lipinski definition) is 1. The van der Waals surface area contributed by atoms with E-state index in [2.05, 4.69) is 15.6 Å². The van der Waals surface area contributed by atoms with Gasteiger partial charge in [0.25, 0.3) is 0 Å². The Balaban J connectivity index is 0.00000400. The molecule has 1 aliphatic heterocycles. The summed E-state index contributed by atoms with van der Waals surface area (Å²) in [6.45, 7) is 6.91. The van der Waals surface area contributed by atoms with Crippen LogP contribution in [-0.4, -0.2) is 32.5 Å². The van der Waals surface area contributed by atoms with E-state index in [9.17, 15) is 4.79 Å². The van der Waals surface area contributed by atoms with E-state index < -0.39 is 5.82 Å². The van der Waals surface area contributed by atoms with Gasteiger partial charge in [-0.15, -0.1) is 0 Å². The van der Waals surface area contributed by atoms with Crippen molar-refractivity contribution in [1.29, 1.82) is 0 Å². The number of halogens is 1. The number of pyridine rings is 2. The number of hydrogen-bond acceptors (Lipinski definition) is 6. The molecule has 1 aliphatic rings. The molecule has 0 aliphatic carbocycles. The zero-order chi connectivity index (χ0) is 30.6. The molecule has 1 fully saturated rings. The monoisotopic (exact) mass is 632 g/mol. The fourth-order valence-electron chi connectivity index (χ4n) is 5.36. The van der Waals surface area contributed by atoms with Gasteiger partial charge in [-0.05, 0) is 68.3 Å². The molecule has 2 N–H and O–H groups in total. The molecule has 0 unspecified atom stereocenters. The van der Waals surface area contributed by atoms with Crippen molar-refractivity contribution < 1.29 is 65.3 Å². The van der Waals surface area contributed by atoms with E-state index in [1.807, 2.05) is 55.1 Å². The van der Waals surface area contributed by atoms with Crippen LogP contribution in [-0.2, 0) is 17.8 Å². The van der Waals surface area contributed by atoms with Gasteiger partial charge in [0.05, 0.1) is 6.20 Å². The van der Waals surface area contributed by atoms with E-state index in [1.54, 1.807) is 41.5 Å². The number of ether oxygens (including phenoxy) is 1. The van der Waals surface area contributed by atoms with Crippen LogP contribution in [0, 0.1) is 18.7 Å². The number of nitrogens with zero attached hydrogens (tertiary/aromatic N) is 5. The van der Waals surface area contributed by atoms with Gasteiger partial charge < -0.3 is 25.4 Å². The van der Waals surface area contributed by atoms with E-state index in [0.29, 0.717) is 17.0 Å². The topological polar surface area (TPSA) is 111 Å². The minimum atomic E-state index is -0.557. The number of rotatable bonds is 9. The van der Waals surface area contributed by atoms with Crippen molar-refractivity contribution >= 4 is 11.5 Å². The Morgan fingerprint density at radius 2 is 1.76 bits per heavy atom. The Hall–Kier alpha value is -3.32. The first-order valence-electron chi connectivity index (χ1n) is 14.7. The second kappa shape index (κ2) is 14.8. The summed E-state index contributed by atoms with van der Waals surface area (Å²) in [4.78, 5) is 23.4. The molecule has 6 rings (SSSR count). The van der Waals surface area contributed by atoms with Gasteiger partial charge in [-0.1, -0.05) is 29.8 Å². The number of benzene rings is 2. The third-order valence-electron chi connectivity index (χ3n) is 7.92. The SMILES string of the molecule is CCn1cc(-c2cnc(N)c(-c3ccc(O[N-]c4cn(CC5CCOCC5)cc(-c5ccc(C)cc5)c4=O)cc3F)c2)cn1.[K+]. The fraction of sp³-hybridized carbons (Fsp3) is 0.265. The maximum atomic E-state index is 15.5. The molecule has 226 valence electrons. The smallest absolute Gasteiger partial charge is 0.557 e. The zero-order valence-corrected chi connectivity index (χ0v) is 28.9. The summed E-state index contributed by atoms with van der Waals surface area (Å²) >= 11 is 0. The molecular formula is C34H34FKN6O3. The number of nitrogens with two attached hydrogens (primary N) is 1.